The van der Waals surface area contributed by atoms with Crippen molar-refractivity contribution >= 4 is 49.2 Å². The molecule has 0 spiro atoms. The van der Waals surface area contributed by atoms with Gasteiger partial charge in [-0.05, 0) is 79.9 Å². The Morgan fingerprint density at radius 3 is 2.23 bits per heavy atom. The minimum absolute atomic E-state index is 0.0520. The summed E-state index contributed by atoms with van der Waals surface area (Å²) >= 11 is 0. The Kier molecular flexibility index (Phi) is 5.57. The van der Waals surface area contributed by atoms with E-state index in [0.717, 1.165) is 27.5 Å². The number of anilines is 2. The highest BCUT2D eigenvalue weighted by Crippen LogP contribution is 2.30. The molecule has 2 N–H and O–H groups in total. The van der Waals surface area contributed by atoms with E-state index in [1.54, 1.807) is 43.3 Å². The molecule has 5 aromatic rings. The predicted molar refractivity (Wildman–Crippen MR) is 140 cm³/mol. The number of aryl methyl sites for hydroxylation is 3. The van der Waals surface area contributed by atoms with E-state index in [0.29, 0.717) is 22.5 Å². The van der Waals surface area contributed by atoms with Crippen LogP contribution in [0, 0.1) is 20.8 Å². The smallest absolute Gasteiger partial charge is 0.262 e. The highest BCUT2D eigenvalue weighted by molar-refractivity contribution is 7.92. The number of rotatable bonds is 5. The minimum Gasteiger partial charge on any atom is -0.456 e. The van der Waals surface area contributed by atoms with Gasteiger partial charge in [0.05, 0.1) is 4.90 Å². The molecule has 1 amide bonds. The molecule has 0 aliphatic carbocycles. The molecule has 35 heavy (non-hydrogen) atoms. The molecule has 0 saturated heterocycles. The van der Waals surface area contributed by atoms with Crippen LogP contribution in [-0.2, 0) is 10.0 Å². The van der Waals surface area contributed by atoms with Crippen molar-refractivity contribution < 1.29 is 17.6 Å². The summed E-state index contributed by atoms with van der Waals surface area (Å²) in [5, 5.41) is 4.80. The van der Waals surface area contributed by atoms with E-state index in [9.17, 15) is 13.2 Å². The van der Waals surface area contributed by atoms with Gasteiger partial charge >= 0.3 is 0 Å². The molecule has 0 aliphatic rings. The topological polar surface area (TPSA) is 88.4 Å². The second-order valence-corrected chi connectivity index (χ2v) is 10.3. The van der Waals surface area contributed by atoms with Crippen LogP contribution < -0.4 is 10.0 Å². The third-order valence-electron chi connectivity index (χ3n) is 6.14. The maximum atomic E-state index is 13.1. The number of hydrogen-bond donors (Lipinski definition) is 2. The number of benzene rings is 4. The lowest BCUT2D eigenvalue weighted by Gasteiger charge is -2.13. The number of sulfonamides is 1. The summed E-state index contributed by atoms with van der Waals surface area (Å²) in [7, 11) is -3.89. The first-order valence-corrected chi connectivity index (χ1v) is 12.6. The molecule has 176 valence electrons. The fourth-order valence-corrected chi connectivity index (χ4v) is 5.37. The molecule has 5 rings (SSSR count). The lowest BCUT2D eigenvalue weighted by Crippen LogP contribution is -2.17. The Morgan fingerprint density at radius 1 is 0.714 bits per heavy atom. The van der Waals surface area contributed by atoms with Gasteiger partial charge in [0, 0.05) is 33.8 Å². The van der Waals surface area contributed by atoms with E-state index >= 15 is 0 Å². The quantitative estimate of drug-likeness (QED) is 0.295. The van der Waals surface area contributed by atoms with E-state index in [1.807, 2.05) is 50.2 Å². The number of hydrogen-bond acceptors (Lipinski definition) is 4. The van der Waals surface area contributed by atoms with E-state index in [4.69, 9.17) is 4.42 Å². The van der Waals surface area contributed by atoms with Gasteiger partial charge in [-0.15, -0.1) is 0 Å². The molecular weight excluding hydrogens is 460 g/mol. The zero-order valence-electron chi connectivity index (χ0n) is 19.5. The van der Waals surface area contributed by atoms with Crippen molar-refractivity contribution in [3.8, 4) is 0 Å². The number of furan rings is 1. The summed E-state index contributed by atoms with van der Waals surface area (Å²) in [6, 6.07) is 23.2. The first-order valence-electron chi connectivity index (χ1n) is 11.1. The van der Waals surface area contributed by atoms with Gasteiger partial charge in [0.2, 0.25) is 0 Å². The summed E-state index contributed by atoms with van der Waals surface area (Å²) in [4.78, 5) is 13.0. The van der Waals surface area contributed by atoms with E-state index < -0.39 is 15.9 Å². The average molecular weight is 485 g/mol. The summed E-state index contributed by atoms with van der Waals surface area (Å²) in [5.74, 6) is -0.414. The second-order valence-electron chi connectivity index (χ2n) is 8.65. The van der Waals surface area contributed by atoms with Crippen LogP contribution in [0.15, 0.2) is 88.2 Å². The third-order valence-corrected chi connectivity index (χ3v) is 7.66. The molecule has 0 radical (unpaired) electrons. The van der Waals surface area contributed by atoms with Crippen LogP contribution in [0.4, 0.5) is 11.4 Å². The van der Waals surface area contributed by atoms with Crippen LogP contribution in [0.2, 0.25) is 0 Å². The van der Waals surface area contributed by atoms with Crippen LogP contribution in [0.5, 0.6) is 0 Å². The van der Waals surface area contributed by atoms with Crippen LogP contribution >= 0.6 is 0 Å². The molecule has 0 unspecified atom stereocenters. The lowest BCUT2D eigenvalue weighted by molar-refractivity contribution is 0.102. The van der Waals surface area contributed by atoms with Crippen LogP contribution in [0.3, 0.4) is 0 Å². The van der Waals surface area contributed by atoms with E-state index in [2.05, 4.69) is 10.0 Å². The number of para-hydroxylation sites is 1. The molecule has 6 nitrogen and oxygen atoms in total. The summed E-state index contributed by atoms with van der Waals surface area (Å²) in [6.07, 6.45) is 0. The maximum Gasteiger partial charge on any atom is 0.262 e. The first-order chi connectivity index (χ1) is 16.7. The lowest BCUT2D eigenvalue weighted by atomic mass is 10.1. The van der Waals surface area contributed by atoms with Gasteiger partial charge in [-0.1, -0.05) is 30.3 Å². The fraction of sp³-hybridized carbons (Fsp3) is 0.107. The largest absolute Gasteiger partial charge is 0.456 e. The highest BCUT2D eigenvalue weighted by atomic mass is 32.2. The molecule has 0 atom stereocenters. The van der Waals surface area contributed by atoms with Gasteiger partial charge in [-0.25, -0.2) is 8.42 Å². The zero-order chi connectivity index (χ0) is 24.7. The SMILES string of the molecule is Cc1ccc(NS(=O)(=O)c2cc(C(=O)Nc3ccc4c(c3)oc3ccccc34)ccc2C)cc1C. The molecule has 0 bridgehead atoms. The van der Waals surface area contributed by atoms with Crippen LogP contribution in [-0.4, -0.2) is 14.3 Å². The number of amides is 1. The van der Waals surface area contributed by atoms with Gasteiger partial charge in [0.15, 0.2) is 0 Å². The monoisotopic (exact) mass is 484 g/mol. The zero-order valence-corrected chi connectivity index (χ0v) is 20.4. The molecule has 0 aliphatic heterocycles. The number of fused-ring (bicyclic) bond motifs is 3. The van der Waals surface area contributed by atoms with Crippen molar-refractivity contribution in [3.05, 3.63) is 101 Å². The normalized spacial score (nSPS) is 11.6. The Labute approximate surface area is 203 Å². The Bertz CT molecular complexity index is 1720. The van der Waals surface area contributed by atoms with Crippen molar-refractivity contribution in [2.75, 3.05) is 10.0 Å². The molecule has 1 aromatic heterocycles. The van der Waals surface area contributed by atoms with Gasteiger partial charge in [0.25, 0.3) is 15.9 Å². The van der Waals surface area contributed by atoms with Crippen molar-refractivity contribution in [2.45, 2.75) is 25.7 Å². The van der Waals surface area contributed by atoms with Crippen molar-refractivity contribution in [3.63, 3.8) is 0 Å². The van der Waals surface area contributed by atoms with Gasteiger partial charge < -0.3 is 9.73 Å². The number of carbonyl (C=O) groups excluding carboxylic acids is 1. The number of nitrogens with one attached hydrogen (secondary N) is 2. The summed E-state index contributed by atoms with van der Waals surface area (Å²) in [6.45, 7) is 5.59. The Balaban J connectivity index is 1.42. The van der Waals surface area contributed by atoms with Crippen molar-refractivity contribution in [1.82, 2.24) is 0 Å². The number of carbonyl (C=O) groups is 1. The predicted octanol–water partition coefficient (Wildman–Crippen LogP) is 6.56. The highest BCUT2D eigenvalue weighted by Gasteiger charge is 2.20. The van der Waals surface area contributed by atoms with Gasteiger partial charge in [0.1, 0.15) is 11.2 Å². The molecule has 1 heterocycles. The molecule has 7 heteroatoms. The third kappa shape index (κ3) is 4.38. The van der Waals surface area contributed by atoms with Crippen molar-refractivity contribution in [1.29, 1.82) is 0 Å². The minimum atomic E-state index is -3.89. The molecule has 0 saturated carbocycles. The first kappa shape index (κ1) is 22.7. The van der Waals surface area contributed by atoms with E-state index in [-0.39, 0.29) is 10.5 Å². The Morgan fingerprint density at radius 2 is 1.43 bits per heavy atom. The summed E-state index contributed by atoms with van der Waals surface area (Å²) in [5.41, 5.74) is 5.30. The maximum absolute atomic E-state index is 13.1. The van der Waals surface area contributed by atoms with E-state index in [1.165, 1.54) is 6.07 Å². The van der Waals surface area contributed by atoms with Gasteiger partial charge in [-0.2, -0.15) is 0 Å². The Hall–Kier alpha value is -4.10. The van der Waals surface area contributed by atoms with Crippen LogP contribution in [0.25, 0.3) is 21.9 Å². The second kappa shape index (κ2) is 8.60. The van der Waals surface area contributed by atoms with Crippen LogP contribution in [0.1, 0.15) is 27.0 Å². The average Bonchev–Trinajstić information content (AvgIpc) is 3.19. The molecular formula is C28H24N2O4S. The molecule has 0 fully saturated rings. The standard InChI is InChI=1S/C28H24N2O4S/c1-17-9-11-22(14-19(17)3)30-35(32,33)27-15-20(10-8-18(27)2)28(31)29-21-12-13-24-23-6-4-5-7-25(23)34-26(24)16-21/h4-16,30H,1-3H3,(H,29,31). The fourth-order valence-electron chi connectivity index (χ4n) is 4.05. The van der Waals surface area contributed by atoms with Crippen molar-refractivity contribution in [2.24, 2.45) is 0 Å². The summed E-state index contributed by atoms with van der Waals surface area (Å²) < 4.78 is 34.8. The molecule has 4 aromatic carbocycles. The van der Waals surface area contributed by atoms with Gasteiger partial charge in [-0.3, -0.25) is 9.52 Å².